The van der Waals surface area contributed by atoms with Gasteiger partial charge in [-0.3, -0.25) is 0 Å². The molecule has 0 spiro atoms. The summed E-state index contributed by atoms with van der Waals surface area (Å²) in [7, 11) is 0. The van der Waals surface area contributed by atoms with Crippen LogP contribution in [-0.4, -0.2) is 6.61 Å². The van der Waals surface area contributed by atoms with E-state index in [-0.39, 0.29) is 5.38 Å². The van der Waals surface area contributed by atoms with Crippen LogP contribution in [0, 0.1) is 13.8 Å². The zero-order valence-corrected chi connectivity index (χ0v) is 13.4. The molecule has 0 saturated heterocycles. The molecule has 21 heavy (non-hydrogen) atoms. The summed E-state index contributed by atoms with van der Waals surface area (Å²) < 4.78 is 5.66. The Labute approximate surface area is 131 Å². The third kappa shape index (κ3) is 3.24. The van der Waals surface area contributed by atoms with E-state index in [1.54, 1.807) is 0 Å². The van der Waals surface area contributed by atoms with Crippen LogP contribution >= 0.6 is 11.6 Å². The van der Waals surface area contributed by atoms with Crippen LogP contribution in [0.5, 0.6) is 5.75 Å². The second-order valence-corrected chi connectivity index (χ2v) is 6.44. The van der Waals surface area contributed by atoms with Crippen molar-refractivity contribution in [2.45, 2.75) is 38.5 Å². The zero-order chi connectivity index (χ0) is 14.8. The molecule has 1 atom stereocenters. The number of ether oxygens (including phenoxy) is 1. The number of rotatable bonds is 3. The van der Waals surface area contributed by atoms with Crippen molar-refractivity contribution >= 4 is 11.6 Å². The molecule has 0 amide bonds. The lowest BCUT2D eigenvalue weighted by Gasteiger charge is -2.19. The zero-order valence-electron chi connectivity index (χ0n) is 12.7. The maximum atomic E-state index is 6.63. The molecule has 0 bridgehead atoms. The summed E-state index contributed by atoms with van der Waals surface area (Å²) in [5.41, 5.74) is 6.45. The third-order valence-electron chi connectivity index (χ3n) is 4.28. The molecule has 0 N–H and O–H groups in total. The van der Waals surface area contributed by atoms with Crippen LogP contribution in [0.15, 0.2) is 36.4 Å². The molecule has 1 aliphatic heterocycles. The number of benzene rings is 2. The van der Waals surface area contributed by atoms with Crippen molar-refractivity contribution in [2.24, 2.45) is 0 Å². The summed E-state index contributed by atoms with van der Waals surface area (Å²) in [6, 6.07) is 13.0. The fourth-order valence-electron chi connectivity index (χ4n) is 2.83. The highest BCUT2D eigenvalue weighted by Crippen LogP contribution is 2.32. The number of halogens is 1. The van der Waals surface area contributed by atoms with Crippen molar-refractivity contribution in [2.75, 3.05) is 6.61 Å². The van der Waals surface area contributed by atoms with Gasteiger partial charge in [0, 0.05) is 0 Å². The van der Waals surface area contributed by atoms with Crippen LogP contribution in [0.4, 0.5) is 0 Å². The predicted octanol–water partition coefficient (Wildman–Crippen LogP) is 5.15. The highest BCUT2D eigenvalue weighted by Gasteiger charge is 2.15. The van der Waals surface area contributed by atoms with E-state index in [0.29, 0.717) is 0 Å². The van der Waals surface area contributed by atoms with Gasteiger partial charge >= 0.3 is 0 Å². The van der Waals surface area contributed by atoms with Gasteiger partial charge < -0.3 is 4.74 Å². The van der Waals surface area contributed by atoms with Gasteiger partial charge in [-0.25, -0.2) is 0 Å². The Kier molecular flexibility index (Phi) is 4.21. The molecule has 2 heteroatoms. The van der Waals surface area contributed by atoms with Gasteiger partial charge in [-0.2, -0.15) is 0 Å². The molecule has 0 saturated carbocycles. The molecule has 1 heterocycles. The van der Waals surface area contributed by atoms with Crippen LogP contribution in [-0.2, 0) is 12.8 Å². The van der Waals surface area contributed by atoms with Crippen molar-refractivity contribution in [3.8, 4) is 5.75 Å². The molecule has 1 unspecified atom stereocenters. The van der Waals surface area contributed by atoms with Gasteiger partial charge in [0.15, 0.2) is 0 Å². The molecule has 0 radical (unpaired) electrons. The van der Waals surface area contributed by atoms with Gasteiger partial charge in [0.2, 0.25) is 0 Å². The summed E-state index contributed by atoms with van der Waals surface area (Å²) in [5, 5.41) is 0.0133. The number of fused-ring (bicyclic) bond motifs is 1. The molecular weight excluding hydrogens is 280 g/mol. The van der Waals surface area contributed by atoms with E-state index >= 15 is 0 Å². The topological polar surface area (TPSA) is 9.23 Å². The number of alkyl halides is 1. The number of hydrogen-bond acceptors (Lipinski definition) is 1. The second kappa shape index (κ2) is 6.11. The quantitative estimate of drug-likeness (QED) is 0.712. The van der Waals surface area contributed by atoms with Gasteiger partial charge in [-0.05, 0) is 67.0 Å². The molecule has 3 rings (SSSR count). The summed E-state index contributed by atoms with van der Waals surface area (Å²) >= 11 is 6.63. The fraction of sp³-hybridized carbons (Fsp3) is 0.368. The van der Waals surface area contributed by atoms with E-state index in [0.717, 1.165) is 31.6 Å². The molecule has 2 aromatic rings. The van der Waals surface area contributed by atoms with E-state index in [2.05, 4.69) is 50.2 Å². The Morgan fingerprint density at radius 3 is 2.76 bits per heavy atom. The molecular formula is C19H21ClO. The highest BCUT2D eigenvalue weighted by molar-refractivity contribution is 6.20. The molecule has 0 fully saturated rings. The van der Waals surface area contributed by atoms with Crippen LogP contribution in [0.1, 0.15) is 39.6 Å². The molecule has 1 nitrogen and oxygen atoms in total. The molecule has 110 valence electrons. The SMILES string of the molecule is Cc1ccc(CC(Cl)c2ccc3c(c2)CCCO3)cc1C. The number of aryl methyl sites for hydroxylation is 3. The summed E-state index contributed by atoms with van der Waals surface area (Å²) in [6.45, 7) is 5.12. The first-order valence-electron chi connectivity index (χ1n) is 7.59. The Morgan fingerprint density at radius 1 is 1.10 bits per heavy atom. The first-order valence-corrected chi connectivity index (χ1v) is 8.03. The molecule has 1 aliphatic rings. The maximum Gasteiger partial charge on any atom is 0.122 e. The molecule has 0 aromatic heterocycles. The van der Waals surface area contributed by atoms with Crippen molar-refractivity contribution in [1.82, 2.24) is 0 Å². The largest absolute Gasteiger partial charge is 0.493 e. The summed E-state index contributed by atoms with van der Waals surface area (Å²) in [5.74, 6) is 1.03. The average molecular weight is 301 g/mol. The minimum Gasteiger partial charge on any atom is -0.493 e. The lowest BCUT2D eigenvalue weighted by molar-refractivity contribution is 0.288. The van der Waals surface area contributed by atoms with Crippen LogP contribution < -0.4 is 4.74 Å². The lowest BCUT2D eigenvalue weighted by Crippen LogP contribution is -2.09. The Hall–Kier alpha value is -1.47. The van der Waals surface area contributed by atoms with Crippen molar-refractivity contribution in [3.05, 3.63) is 64.2 Å². The average Bonchev–Trinajstić information content (AvgIpc) is 2.50. The van der Waals surface area contributed by atoms with Gasteiger partial charge in [0.1, 0.15) is 5.75 Å². The van der Waals surface area contributed by atoms with Crippen molar-refractivity contribution in [1.29, 1.82) is 0 Å². The fourth-order valence-corrected chi connectivity index (χ4v) is 3.14. The maximum absolute atomic E-state index is 6.63. The Balaban J connectivity index is 1.78. The Morgan fingerprint density at radius 2 is 1.95 bits per heavy atom. The second-order valence-electron chi connectivity index (χ2n) is 5.91. The van der Waals surface area contributed by atoms with Crippen LogP contribution in [0.2, 0.25) is 0 Å². The van der Waals surface area contributed by atoms with Crippen LogP contribution in [0.3, 0.4) is 0 Å². The minimum absolute atomic E-state index is 0.0133. The first-order chi connectivity index (χ1) is 10.1. The van der Waals surface area contributed by atoms with E-state index in [1.807, 2.05) is 0 Å². The van der Waals surface area contributed by atoms with Crippen molar-refractivity contribution in [3.63, 3.8) is 0 Å². The highest BCUT2D eigenvalue weighted by atomic mass is 35.5. The lowest BCUT2D eigenvalue weighted by atomic mass is 9.97. The summed E-state index contributed by atoms with van der Waals surface area (Å²) in [6.07, 6.45) is 3.05. The predicted molar refractivity (Wildman–Crippen MR) is 88.5 cm³/mol. The number of hydrogen-bond donors (Lipinski definition) is 0. The van der Waals surface area contributed by atoms with E-state index in [9.17, 15) is 0 Å². The molecule has 2 aromatic carbocycles. The smallest absolute Gasteiger partial charge is 0.122 e. The van der Waals surface area contributed by atoms with E-state index in [1.165, 1.54) is 27.8 Å². The summed E-state index contributed by atoms with van der Waals surface area (Å²) in [4.78, 5) is 0. The molecule has 0 aliphatic carbocycles. The standard InChI is InChI=1S/C19H21ClO/c1-13-5-6-15(10-14(13)2)11-18(20)16-7-8-19-17(12-16)4-3-9-21-19/h5-8,10,12,18H,3-4,9,11H2,1-2H3. The Bertz CT molecular complexity index is 648. The van der Waals surface area contributed by atoms with Gasteiger partial charge in [-0.15, -0.1) is 11.6 Å². The minimum atomic E-state index is 0.0133. The van der Waals surface area contributed by atoms with E-state index < -0.39 is 0 Å². The van der Waals surface area contributed by atoms with Crippen molar-refractivity contribution < 1.29 is 4.74 Å². The van der Waals surface area contributed by atoms with Gasteiger partial charge in [0.25, 0.3) is 0 Å². The first kappa shape index (κ1) is 14.5. The normalized spacial score (nSPS) is 15.2. The van der Waals surface area contributed by atoms with Gasteiger partial charge in [0.05, 0.1) is 12.0 Å². The third-order valence-corrected chi connectivity index (χ3v) is 4.69. The monoisotopic (exact) mass is 300 g/mol. The van der Waals surface area contributed by atoms with Crippen LogP contribution in [0.25, 0.3) is 0 Å². The van der Waals surface area contributed by atoms with Gasteiger partial charge in [-0.1, -0.05) is 30.3 Å². The van der Waals surface area contributed by atoms with E-state index in [4.69, 9.17) is 16.3 Å².